The number of rotatable bonds is 8. The van der Waals surface area contributed by atoms with Gasteiger partial charge in [-0.2, -0.15) is 0 Å². The zero-order valence-electron chi connectivity index (χ0n) is 17.7. The molecule has 3 rings (SSSR count). The molecule has 0 unspecified atom stereocenters. The van der Waals surface area contributed by atoms with Crippen LogP contribution in [0.15, 0.2) is 27.8 Å². The third kappa shape index (κ3) is 5.96. The molecule has 3 heterocycles. The van der Waals surface area contributed by atoms with Crippen molar-refractivity contribution in [3.8, 4) is 0 Å². The fraction of sp³-hybridized carbons (Fsp3) is 0.571. The molecular formula is C21H30N4O3S. The summed E-state index contributed by atoms with van der Waals surface area (Å²) in [6.07, 6.45) is 2.41. The van der Waals surface area contributed by atoms with Crippen LogP contribution in [0.1, 0.15) is 55.6 Å². The van der Waals surface area contributed by atoms with Crippen LogP contribution in [0.3, 0.4) is 0 Å². The topological polar surface area (TPSA) is 80.5 Å². The largest absolute Gasteiger partial charge is 0.455 e. The number of hydrogen-bond donors (Lipinski definition) is 1. The summed E-state index contributed by atoms with van der Waals surface area (Å²) in [5.41, 5.74) is 0.986. The third-order valence-electron chi connectivity index (χ3n) is 4.71. The van der Waals surface area contributed by atoms with Gasteiger partial charge in [0, 0.05) is 38.2 Å². The number of thioether (sulfide) groups is 1. The second-order valence-corrected chi connectivity index (χ2v) is 9.08. The van der Waals surface area contributed by atoms with E-state index in [1.54, 1.807) is 13.2 Å². The second kappa shape index (κ2) is 9.63. The summed E-state index contributed by atoms with van der Waals surface area (Å²) in [5, 5.41) is 3.49. The summed E-state index contributed by atoms with van der Waals surface area (Å²) in [4.78, 5) is 23.9. The molecule has 8 heteroatoms. The highest BCUT2D eigenvalue weighted by Gasteiger charge is 2.22. The number of methoxy groups -OCH3 is 1. The minimum atomic E-state index is -0.236. The lowest BCUT2D eigenvalue weighted by atomic mass is 9.92. The van der Waals surface area contributed by atoms with Crippen molar-refractivity contribution in [2.24, 2.45) is 0 Å². The number of anilines is 1. The van der Waals surface area contributed by atoms with Gasteiger partial charge in [0.15, 0.2) is 10.9 Å². The summed E-state index contributed by atoms with van der Waals surface area (Å²) in [7, 11) is 1.60. The third-order valence-corrected chi connectivity index (χ3v) is 5.58. The maximum absolute atomic E-state index is 12.1. The van der Waals surface area contributed by atoms with Crippen molar-refractivity contribution in [1.29, 1.82) is 0 Å². The molecule has 158 valence electrons. The van der Waals surface area contributed by atoms with E-state index in [1.165, 1.54) is 24.6 Å². The van der Waals surface area contributed by atoms with E-state index in [0.717, 1.165) is 35.5 Å². The molecule has 1 aliphatic heterocycles. The quantitative estimate of drug-likeness (QED) is 0.398. The molecule has 7 nitrogen and oxygen atoms in total. The number of amides is 1. The Morgan fingerprint density at radius 3 is 2.72 bits per heavy atom. The highest BCUT2D eigenvalue weighted by atomic mass is 32.2. The van der Waals surface area contributed by atoms with Crippen molar-refractivity contribution in [1.82, 2.24) is 15.3 Å². The maximum atomic E-state index is 12.1. The molecule has 1 aliphatic rings. The van der Waals surface area contributed by atoms with Crippen molar-refractivity contribution in [2.75, 3.05) is 38.3 Å². The minimum Gasteiger partial charge on any atom is -0.455 e. The van der Waals surface area contributed by atoms with Crippen LogP contribution in [0.2, 0.25) is 0 Å². The zero-order chi connectivity index (χ0) is 20.9. The molecule has 1 N–H and O–H groups in total. The van der Waals surface area contributed by atoms with Crippen LogP contribution < -0.4 is 10.2 Å². The van der Waals surface area contributed by atoms with E-state index >= 15 is 0 Å². The van der Waals surface area contributed by atoms with Gasteiger partial charge in [-0.1, -0.05) is 32.5 Å². The first-order valence-electron chi connectivity index (χ1n) is 10.00. The van der Waals surface area contributed by atoms with Crippen molar-refractivity contribution in [3.63, 3.8) is 0 Å². The van der Waals surface area contributed by atoms with Gasteiger partial charge in [0.05, 0.1) is 18.1 Å². The molecular weight excluding hydrogens is 388 g/mol. The Morgan fingerprint density at radius 2 is 2.03 bits per heavy atom. The monoisotopic (exact) mass is 418 g/mol. The Kier molecular flexibility index (Phi) is 7.18. The van der Waals surface area contributed by atoms with Crippen molar-refractivity contribution in [3.05, 3.63) is 35.4 Å². The average molecular weight is 419 g/mol. The van der Waals surface area contributed by atoms with Gasteiger partial charge in [-0.15, -0.1) is 0 Å². The molecule has 2 aromatic rings. The number of hydrogen-bond acceptors (Lipinski definition) is 7. The molecule has 2 aromatic heterocycles. The first kappa shape index (κ1) is 21.6. The number of carbonyl (C=O) groups is 1. The standard InChI is InChI=1S/C21H30N4O3S/c1-21(2,3)17-13-18(25-10-5-6-11-25)24-20(23-17)29-14-15-7-8-16(28-15)19(26)22-9-12-27-4/h7-8,13H,5-6,9-12,14H2,1-4H3,(H,22,26). The van der Waals surface area contributed by atoms with E-state index in [4.69, 9.17) is 19.1 Å². The molecule has 1 amide bonds. The van der Waals surface area contributed by atoms with Gasteiger partial charge < -0.3 is 19.4 Å². The number of ether oxygens (including phenoxy) is 1. The van der Waals surface area contributed by atoms with Crippen molar-refractivity contribution in [2.45, 2.75) is 49.9 Å². The van der Waals surface area contributed by atoms with E-state index in [2.05, 4.69) is 37.1 Å². The second-order valence-electron chi connectivity index (χ2n) is 8.14. The van der Waals surface area contributed by atoms with Gasteiger partial charge in [-0.05, 0) is 25.0 Å². The predicted octanol–water partition coefficient (Wildman–Crippen LogP) is 3.64. The normalized spacial score (nSPS) is 14.4. The average Bonchev–Trinajstić information content (AvgIpc) is 3.38. The Bertz CT molecular complexity index is 826. The lowest BCUT2D eigenvalue weighted by molar-refractivity contribution is 0.0908. The highest BCUT2D eigenvalue weighted by molar-refractivity contribution is 7.98. The van der Waals surface area contributed by atoms with Gasteiger partial charge in [-0.25, -0.2) is 9.97 Å². The Hall–Kier alpha value is -2.06. The molecule has 0 aliphatic carbocycles. The molecule has 1 saturated heterocycles. The van der Waals surface area contributed by atoms with Crippen LogP contribution in [0, 0.1) is 0 Å². The van der Waals surface area contributed by atoms with Crippen LogP contribution in [-0.4, -0.2) is 49.2 Å². The summed E-state index contributed by atoms with van der Waals surface area (Å²) in [6.45, 7) is 9.51. The first-order valence-corrected chi connectivity index (χ1v) is 11.0. The first-order chi connectivity index (χ1) is 13.9. The SMILES string of the molecule is COCCNC(=O)c1ccc(CSc2nc(N3CCCC3)cc(C(C)(C)C)n2)o1. The molecule has 29 heavy (non-hydrogen) atoms. The number of nitrogens with zero attached hydrogens (tertiary/aromatic N) is 3. The number of carbonyl (C=O) groups excluding carboxylic acids is 1. The van der Waals surface area contributed by atoms with Gasteiger partial charge in [0.2, 0.25) is 0 Å². The predicted molar refractivity (Wildman–Crippen MR) is 115 cm³/mol. The molecule has 0 radical (unpaired) electrons. The fourth-order valence-electron chi connectivity index (χ4n) is 3.04. The lowest BCUT2D eigenvalue weighted by Crippen LogP contribution is -2.26. The van der Waals surface area contributed by atoms with Crippen LogP contribution in [0.25, 0.3) is 0 Å². The molecule has 0 spiro atoms. The Morgan fingerprint density at radius 1 is 1.28 bits per heavy atom. The number of furan rings is 1. The van der Waals surface area contributed by atoms with E-state index in [1.807, 2.05) is 6.07 Å². The van der Waals surface area contributed by atoms with E-state index in [-0.39, 0.29) is 11.3 Å². The molecule has 1 fully saturated rings. The summed E-state index contributed by atoms with van der Waals surface area (Å²) in [6, 6.07) is 5.64. The Balaban J connectivity index is 1.68. The Labute approximate surface area is 176 Å². The number of aromatic nitrogens is 2. The van der Waals surface area contributed by atoms with E-state index < -0.39 is 0 Å². The zero-order valence-corrected chi connectivity index (χ0v) is 18.5. The fourth-order valence-corrected chi connectivity index (χ4v) is 3.78. The molecule has 0 saturated carbocycles. The smallest absolute Gasteiger partial charge is 0.287 e. The van der Waals surface area contributed by atoms with E-state index in [9.17, 15) is 4.79 Å². The summed E-state index contributed by atoms with van der Waals surface area (Å²) >= 11 is 1.53. The number of nitrogens with one attached hydrogen (secondary N) is 1. The minimum absolute atomic E-state index is 0.0507. The summed E-state index contributed by atoms with van der Waals surface area (Å²) < 4.78 is 10.6. The molecule has 0 bridgehead atoms. The van der Waals surface area contributed by atoms with E-state index in [0.29, 0.717) is 24.7 Å². The van der Waals surface area contributed by atoms with Crippen LogP contribution >= 0.6 is 11.8 Å². The summed E-state index contributed by atoms with van der Waals surface area (Å²) in [5.74, 6) is 2.36. The maximum Gasteiger partial charge on any atom is 0.287 e. The van der Waals surface area contributed by atoms with Gasteiger partial charge in [0.25, 0.3) is 5.91 Å². The highest BCUT2D eigenvalue weighted by Crippen LogP contribution is 2.29. The van der Waals surface area contributed by atoms with Crippen molar-refractivity contribution >= 4 is 23.5 Å². The van der Waals surface area contributed by atoms with Gasteiger partial charge in [0.1, 0.15) is 11.6 Å². The molecule has 0 aromatic carbocycles. The van der Waals surface area contributed by atoms with Crippen LogP contribution in [-0.2, 0) is 15.9 Å². The molecule has 0 atom stereocenters. The van der Waals surface area contributed by atoms with Crippen LogP contribution in [0.5, 0.6) is 0 Å². The van der Waals surface area contributed by atoms with Gasteiger partial charge in [-0.3, -0.25) is 4.79 Å². The van der Waals surface area contributed by atoms with Gasteiger partial charge >= 0.3 is 0 Å². The van der Waals surface area contributed by atoms with Crippen molar-refractivity contribution < 1.29 is 13.9 Å². The lowest BCUT2D eigenvalue weighted by Gasteiger charge is -2.22. The van der Waals surface area contributed by atoms with Crippen LogP contribution in [0.4, 0.5) is 5.82 Å².